The van der Waals surface area contributed by atoms with Crippen LogP contribution in [0.2, 0.25) is 0 Å². The van der Waals surface area contributed by atoms with E-state index in [9.17, 15) is 4.39 Å². The Balaban J connectivity index is 2.26. The molecule has 0 fully saturated rings. The van der Waals surface area contributed by atoms with Crippen molar-refractivity contribution in [3.05, 3.63) is 63.6 Å². The second-order valence-electron chi connectivity index (χ2n) is 4.89. The SMILES string of the molecule is CCNC(Cc1cncc(Br)c1)c1cc(C)cc(F)c1. The first-order valence-corrected chi connectivity index (χ1v) is 7.47. The maximum absolute atomic E-state index is 13.6. The molecule has 0 aliphatic heterocycles. The molecule has 0 amide bonds. The summed E-state index contributed by atoms with van der Waals surface area (Å²) in [5.74, 6) is -0.185. The van der Waals surface area contributed by atoms with Crippen LogP contribution in [-0.2, 0) is 6.42 Å². The van der Waals surface area contributed by atoms with Crippen LogP contribution in [-0.4, -0.2) is 11.5 Å². The molecule has 0 spiro atoms. The third kappa shape index (κ3) is 4.12. The molecule has 1 N–H and O–H groups in total. The fraction of sp³-hybridized carbons (Fsp3) is 0.312. The summed E-state index contributed by atoms with van der Waals surface area (Å²) in [6, 6.07) is 7.31. The lowest BCUT2D eigenvalue weighted by molar-refractivity contribution is 0.541. The molecular weight excluding hydrogens is 319 g/mol. The Hall–Kier alpha value is -1.26. The van der Waals surface area contributed by atoms with Gasteiger partial charge in [-0.3, -0.25) is 4.98 Å². The summed E-state index contributed by atoms with van der Waals surface area (Å²) in [6.45, 7) is 4.80. The van der Waals surface area contributed by atoms with Crippen molar-refractivity contribution in [3.63, 3.8) is 0 Å². The number of hydrogen-bond acceptors (Lipinski definition) is 2. The first-order valence-electron chi connectivity index (χ1n) is 6.68. The maximum Gasteiger partial charge on any atom is 0.123 e. The largest absolute Gasteiger partial charge is 0.310 e. The third-order valence-corrected chi connectivity index (χ3v) is 3.55. The number of halogens is 2. The van der Waals surface area contributed by atoms with Crippen LogP contribution in [0.25, 0.3) is 0 Å². The van der Waals surface area contributed by atoms with Gasteiger partial charge in [0, 0.05) is 22.9 Å². The second-order valence-corrected chi connectivity index (χ2v) is 5.80. The molecule has 1 heterocycles. The van der Waals surface area contributed by atoms with E-state index in [1.165, 1.54) is 0 Å². The predicted octanol–water partition coefficient (Wildman–Crippen LogP) is 4.18. The number of pyridine rings is 1. The van der Waals surface area contributed by atoms with E-state index in [4.69, 9.17) is 0 Å². The molecule has 2 rings (SSSR count). The van der Waals surface area contributed by atoms with Crippen molar-refractivity contribution in [2.45, 2.75) is 26.3 Å². The fourth-order valence-corrected chi connectivity index (χ4v) is 2.74. The molecule has 0 radical (unpaired) electrons. The minimum atomic E-state index is -0.185. The number of likely N-dealkylation sites (N-methyl/N-ethyl adjacent to an activating group) is 1. The molecule has 1 aromatic heterocycles. The van der Waals surface area contributed by atoms with Crippen LogP contribution >= 0.6 is 15.9 Å². The zero-order chi connectivity index (χ0) is 14.5. The normalized spacial score (nSPS) is 12.4. The van der Waals surface area contributed by atoms with Crippen molar-refractivity contribution in [3.8, 4) is 0 Å². The predicted molar refractivity (Wildman–Crippen MR) is 83.2 cm³/mol. The van der Waals surface area contributed by atoms with Gasteiger partial charge in [-0.25, -0.2) is 4.39 Å². The summed E-state index contributed by atoms with van der Waals surface area (Å²) in [7, 11) is 0. The highest BCUT2D eigenvalue weighted by Crippen LogP contribution is 2.22. The highest BCUT2D eigenvalue weighted by atomic mass is 79.9. The lowest BCUT2D eigenvalue weighted by Gasteiger charge is -2.19. The van der Waals surface area contributed by atoms with E-state index in [2.05, 4.69) is 33.2 Å². The molecule has 0 aliphatic rings. The van der Waals surface area contributed by atoms with Gasteiger partial charge in [0.2, 0.25) is 0 Å². The minimum absolute atomic E-state index is 0.0884. The number of aromatic nitrogens is 1. The van der Waals surface area contributed by atoms with Gasteiger partial charge in [0.25, 0.3) is 0 Å². The Labute approximate surface area is 127 Å². The van der Waals surface area contributed by atoms with Gasteiger partial charge >= 0.3 is 0 Å². The van der Waals surface area contributed by atoms with Gasteiger partial charge in [0.1, 0.15) is 5.82 Å². The average molecular weight is 337 g/mol. The van der Waals surface area contributed by atoms with Crippen LogP contribution in [0.3, 0.4) is 0 Å². The molecule has 2 aromatic rings. The van der Waals surface area contributed by atoms with Gasteiger partial charge in [0.05, 0.1) is 0 Å². The first kappa shape index (κ1) is 15.1. The van der Waals surface area contributed by atoms with Crippen molar-refractivity contribution in [2.75, 3.05) is 6.54 Å². The molecule has 2 nitrogen and oxygen atoms in total. The zero-order valence-electron chi connectivity index (χ0n) is 11.7. The van der Waals surface area contributed by atoms with Gasteiger partial charge in [-0.1, -0.05) is 13.0 Å². The molecule has 1 unspecified atom stereocenters. The van der Waals surface area contributed by atoms with E-state index in [-0.39, 0.29) is 11.9 Å². The quantitative estimate of drug-likeness (QED) is 0.885. The summed E-state index contributed by atoms with van der Waals surface area (Å²) in [5.41, 5.74) is 3.03. The number of benzene rings is 1. The summed E-state index contributed by atoms with van der Waals surface area (Å²) in [5, 5.41) is 3.41. The Morgan fingerprint density at radius 1 is 1.25 bits per heavy atom. The van der Waals surface area contributed by atoms with Crippen LogP contribution in [0.1, 0.15) is 29.7 Å². The summed E-state index contributed by atoms with van der Waals surface area (Å²) in [6.07, 6.45) is 4.39. The molecule has 1 aromatic carbocycles. The number of rotatable bonds is 5. The number of nitrogens with one attached hydrogen (secondary N) is 1. The first-order chi connectivity index (χ1) is 9.58. The standard InChI is InChI=1S/C16H18BrFN2/c1-3-20-16(7-12-6-14(17)10-19-9-12)13-4-11(2)5-15(18)8-13/h4-6,8-10,16,20H,3,7H2,1-2H3. The van der Waals surface area contributed by atoms with E-state index in [0.717, 1.165) is 34.1 Å². The van der Waals surface area contributed by atoms with E-state index in [1.807, 2.05) is 25.3 Å². The van der Waals surface area contributed by atoms with Crippen molar-refractivity contribution in [1.29, 1.82) is 0 Å². The number of aryl methyl sites for hydroxylation is 1. The van der Waals surface area contributed by atoms with Crippen molar-refractivity contribution < 1.29 is 4.39 Å². The van der Waals surface area contributed by atoms with Gasteiger partial charge in [-0.2, -0.15) is 0 Å². The average Bonchev–Trinajstić information content (AvgIpc) is 2.37. The Bertz CT molecular complexity index is 566. The molecule has 0 aliphatic carbocycles. The number of nitrogens with zero attached hydrogens (tertiary/aromatic N) is 1. The van der Waals surface area contributed by atoms with Crippen LogP contribution in [0.15, 0.2) is 41.1 Å². The lowest BCUT2D eigenvalue weighted by atomic mass is 9.98. The van der Waals surface area contributed by atoms with Gasteiger partial charge < -0.3 is 5.32 Å². The smallest absolute Gasteiger partial charge is 0.123 e. The monoisotopic (exact) mass is 336 g/mol. The van der Waals surface area contributed by atoms with E-state index in [1.54, 1.807) is 18.3 Å². The van der Waals surface area contributed by atoms with Gasteiger partial charge in [-0.05, 0) is 70.7 Å². The number of hydrogen-bond donors (Lipinski definition) is 1. The van der Waals surface area contributed by atoms with Crippen molar-refractivity contribution in [1.82, 2.24) is 10.3 Å². The van der Waals surface area contributed by atoms with Crippen molar-refractivity contribution in [2.24, 2.45) is 0 Å². The zero-order valence-corrected chi connectivity index (χ0v) is 13.2. The van der Waals surface area contributed by atoms with E-state index >= 15 is 0 Å². The minimum Gasteiger partial charge on any atom is -0.310 e. The van der Waals surface area contributed by atoms with Crippen LogP contribution in [0.5, 0.6) is 0 Å². The highest BCUT2D eigenvalue weighted by Gasteiger charge is 2.13. The fourth-order valence-electron chi connectivity index (χ4n) is 2.32. The molecule has 1 atom stereocenters. The van der Waals surface area contributed by atoms with Crippen molar-refractivity contribution >= 4 is 15.9 Å². The summed E-state index contributed by atoms with van der Waals surface area (Å²) >= 11 is 3.43. The maximum atomic E-state index is 13.6. The van der Waals surface area contributed by atoms with Crippen LogP contribution in [0.4, 0.5) is 4.39 Å². The summed E-state index contributed by atoms with van der Waals surface area (Å²) < 4.78 is 14.5. The Kier molecular flexibility index (Phi) is 5.26. The molecule has 106 valence electrons. The topological polar surface area (TPSA) is 24.9 Å². The molecule has 20 heavy (non-hydrogen) atoms. The highest BCUT2D eigenvalue weighted by molar-refractivity contribution is 9.10. The second kappa shape index (κ2) is 6.95. The molecule has 0 saturated heterocycles. The van der Waals surface area contributed by atoms with E-state index in [0.29, 0.717) is 0 Å². The molecule has 0 saturated carbocycles. The Morgan fingerprint density at radius 3 is 2.70 bits per heavy atom. The summed E-state index contributed by atoms with van der Waals surface area (Å²) in [4.78, 5) is 4.18. The molecule has 4 heteroatoms. The molecule has 0 bridgehead atoms. The van der Waals surface area contributed by atoms with Crippen LogP contribution < -0.4 is 5.32 Å². The lowest BCUT2D eigenvalue weighted by Crippen LogP contribution is -2.23. The molecular formula is C16H18BrFN2. The third-order valence-electron chi connectivity index (χ3n) is 3.12. The Morgan fingerprint density at radius 2 is 2.05 bits per heavy atom. The van der Waals surface area contributed by atoms with Crippen LogP contribution in [0, 0.1) is 12.7 Å². The van der Waals surface area contributed by atoms with Gasteiger partial charge in [0.15, 0.2) is 0 Å². The van der Waals surface area contributed by atoms with E-state index < -0.39 is 0 Å². The van der Waals surface area contributed by atoms with Gasteiger partial charge in [-0.15, -0.1) is 0 Å².